The molecule has 0 bridgehead atoms. The minimum absolute atomic E-state index is 0.551. The molecule has 2 rings (SSSR count). The largest absolute Gasteiger partial charge is 0.491 e. The number of hydrogen-bond acceptors (Lipinski definition) is 3. The molecule has 1 aromatic rings. The Kier molecular flexibility index (Phi) is 8.32. The van der Waals surface area contributed by atoms with Crippen molar-refractivity contribution in [2.45, 2.75) is 39.2 Å². The summed E-state index contributed by atoms with van der Waals surface area (Å²) in [6, 6.07) is 6.26. The molecule has 1 aromatic carbocycles. The lowest BCUT2D eigenvalue weighted by atomic mass is 10.1. The van der Waals surface area contributed by atoms with Gasteiger partial charge in [0.1, 0.15) is 12.4 Å². The number of aliphatic imine (C=N–C) groups is 1. The molecule has 138 valence electrons. The number of rotatable bonds is 9. The Bertz CT molecular complexity index is 597. The lowest BCUT2D eigenvalue weighted by Crippen LogP contribution is -2.37. The van der Waals surface area contributed by atoms with E-state index in [0.717, 1.165) is 30.2 Å². The van der Waals surface area contributed by atoms with Gasteiger partial charge in [-0.25, -0.2) is 0 Å². The minimum Gasteiger partial charge on any atom is -0.491 e. The Labute approximate surface area is 151 Å². The van der Waals surface area contributed by atoms with Crippen molar-refractivity contribution in [3.05, 3.63) is 41.0 Å². The predicted molar refractivity (Wildman–Crippen MR) is 103 cm³/mol. The first-order chi connectivity index (χ1) is 12.2. The first-order valence-corrected chi connectivity index (χ1v) is 9.06. The highest BCUT2D eigenvalue weighted by atomic mass is 16.5. The van der Waals surface area contributed by atoms with Gasteiger partial charge in [0.2, 0.25) is 0 Å². The van der Waals surface area contributed by atoms with Gasteiger partial charge in [-0.1, -0.05) is 23.8 Å². The lowest BCUT2D eigenvalue weighted by Gasteiger charge is -2.15. The number of allylic oxidation sites excluding steroid dienone is 1. The molecule has 0 amide bonds. The molecule has 5 heteroatoms. The van der Waals surface area contributed by atoms with Crippen molar-refractivity contribution in [2.24, 2.45) is 4.99 Å². The van der Waals surface area contributed by atoms with E-state index in [9.17, 15) is 0 Å². The maximum Gasteiger partial charge on any atom is 0.191 e. The fraction of sp³-hybridized carbons (Fsp3) is 0.550. The van der Waals surface area contributed by atoms with Gasteiger partial charge in [0.15, 0.2) is 5.96 Å². The maximum absolute atomic E-state index is 5.84. The van der Waals surface area contributed by atoms with Gasteiger partial charge in [-0.3, -0.25) is 4.99 Å². The fourth-order valence-electron chi connectivity index (χ4n) is 2.88. The summed E-state index contributed by atoms with van der Waals surface area (Å²) in [6.07, 6.45) is 7.26. The molecule has 0 unspecified atom stereocenters. The molecule has 0 heterocycles. The highest BCUT2D eigenvalue weighted by molar-refractivity contribution is 5.79. The molecule has 0 fully saturated rings. The summed E-state index contributed by atoms with van der Waals surface area (Å²) in [4.78, 5) is 4.30. The van der Waals surface area contributed by atoms with Crippen molar-refractivity contribution in [3.8, 4) is 5.75 Å². The van der Waals surface area contributed by atoms with E-state index in [1.165, 1.54) is 24.8 Å². The molecule has 1 aliphatic rings. The van der Waals surface area contributed by atoms with Crippen LogP contribution in [0.3, 0.4) is 0 Å². The number of nitrogens with one attached hydrogen (secondary N) is 2. The average Bonchev–Trinajstić information content (AvgIpc) is 3.13. The number of benzene rings is 1. The topological polar surface area (TPSA) is 54.9 Å². The maximum atomic E-state index is 5.84. The van der Waals surface area contributed by atoms with Crippen LogP contribution in [0.2, 0.25) is 0 Å². The Hall–Kier alpha value is -2.01. The molecule has 25 heavy (non-hydrogen) atoms. The standard InChI is InChI=1S/C20H31N3O2/c1-16-8-9-18(19(14-16)25-13-12-24-3)15-23-20(21-2)22-11-10-17-6-4-5-7-17/h6,8-9,14H,4-5,7,10-13,15H2,1-3H3,(H2,21,22,23). The molecule has 0 aliphatic heterocycles. The molecule has 0 radical (unpaired) electrons. The first-order valence-electron chi connectivity index (χ1n) is 9.06. The monoisotopic (exact) mass is 345 g/mol. The number of guanidine groups is 1. The third kappa shape index (κ3) is 6.78. The van der Waals surface area contributed by atoms with Gasteiger partial charge in [0, 0.05) is 32.8 Å². The van der Waals surface area contributed by atoms with Gasteiger partial charge in [0.25, 0.3) is 0 Å². The van der Waals surface area contributed by atoms with Gasteiger partial charge in [-0.15, -0.1) is 0 Å². The van der Waals surface area contributed by atoms with Crippen LogP contribution in [0, 0.1) is 6.92 Å². The highest BCUT2D eigenvalue weighted by Gasteiger charge is 2.07. The van der Waals surface area contributed by atoms with Gasteiger partial charge in [-0.2, -0.15) is 0 Å². The van der Waals surface area contributed by atoms with E-state index in [1.54, 1.807) is 19.7 Å². The SMILES string of the molecule is CN=C(NCCC1=CCCC1)NCc1ccc(C)cc1OCCOC. The van der Waals surface area contributed by atoms with Crippen molar-refractivity contribution in [2.75, 3.05) is 33.9 Å². The molecule has 0 saturated heterocycles. The van der Waals surface area contributed by atoms with Crippen LogP contribution >= 0.6 is 0 Å². The molecule has 2 N–H and O–H groups in total. The summed E-state index contributed by atoms with van der Waals surface area (Å²) in [7, 11) is 3.48. The molecule has 0 spiro atoms. The second-order valence-corrected chi connectivity index (χ2v) is 6.31. The summed E-state index contributed by atoms with van der Waals surface area (Å²) in [5, 5.41) is 6.76. The fourth-order valence-corrected chi connectivity index (χ4v) is 2.88. The van der Waals surface area contributed by atoms with Crippen LogP contribution in [0.25, 0.3) is 0 Å². The van der Waals surface area contributed by atoms with Crippen LogP contribution in [-0.4, -0.2) is 39.9 Å². The van der Waals surface area contributed by atoms with Crippen LogP contribution < -0.4 is 15.4 Å². The molecule has 1 aliphatic carbocycles. The zero-order valence-corrected chi connectivity index (χ0v) is 15.7. The van der Waals surface area contributed by atoms with Crippen molar-refractivity contribution in [1.29, 1.82) is 0 Å². The van der Waals surface area contributed by atoms with Crippen LogP contribution in [-0.2, 0) is 11.3 Å². The van der Waals surface area contributed by atoms with E-state index in [1.807, 2.05) is 0 Å². The quantitative estimate of drug-likeness (QED) is 0.312. The van der Waals surface area contributed by atoms with Crippen molar-refractivity contribution >= 4 is 5.96 Å². The normalized spacial score (nSPS) is 14.4. The third-order valence-corrected chi connectivity index (χ3v) is 4.31. The summed E-state index contributed by atoms with van der Waals surface area (Å²) in [5.74, 6) is 1.72. The zero-order valence-electron chi connectivity index (χ0n) is 15.7. The highest BCUT2D eigenvalue weighted by Crippen LogP contribution is 2.21. The Morgan fingerprint density at radius 3 is 2.84 bits per heavy atom. The van der Waals surface area contributed by atoms with Crippen molar-refractivity contribution < 1.29 is 9.47 Å². The molecule has 0 aromatic heterocycles. The van der Waals surface area contributed by atoms with E-state index in [0.29, 0.717) is 19.8 Å². The minimum atomic E-state index is 0.551. The smallest absolute Gasteiger partial charge is 0.191 e. The Morgan fingerprint density at radius 2 is 2.12 bits per heavy atom. The zero-order chi connectivity index (χ0) is 17.9. The predicted octanol–water partition coefficient (Wildman–Crippen LogP) is 3.19. The summed E-state index contributed by atoms with van der Waals surface area (Å²) in [5.41, 5.74) is 3.86. The van der Waals surface area contributed by atoms with Gasteiger partial charge in [0.05, 0.1) is 6.61 Å². The van der Waals surface area contributed by atoms with E-state index in [-0.39, 0.29) is 0 Å². The van der Waals surface area contributed by atoms with Crippen LogP contribution in [0.1, 0.15) is 36.8 Å². The number of hydrogen-bond donors (Lipinski definition) is 2. The molecule has 0 atom stereocenters. The number of nitrogens with zero attached hydrogens (tertiary/aromatic N) is 1. The van der Waals surface area contributed by atoms with Gasteiger partial charge < -0.3 is 20.1 Å². The summed E-state index contributed by atoms with van der Waals surface area (Å²) in [6.45, 7) is 4.79. The van der Waals surface area contributed by atoms with E-state index < -0.39 is 0 Å². The molecular formula is C20H31N3O2. The molecule has 0 saturated carbocycles. The van der Waals surface area contributed by atoms with E-state index in [2.05, 4.69) is 46.8 Å². The van der Waals surface area contributed by atoms with E-state index >= 15 is 0 Å². The third-order valence-electron chi connectivity index (χ3n) is 4.31. The Morgan fingerprint density at radius 1 is 1.24 bits per heavy atom. The summed E-state index contributed by atoms with van der Waals surface area (Å²) >= 11 is 0. The lowest BCUT2D eigenvalue weighted by molar-refractivity contribution is 0.145. The van der Waals surface area contributed by atoms with Crippen LogP contribution in [0.5, 0.6) is 5.75 Å². The Balaban J connectivity index is 1.83. The van der Waals surface area contributed by atoms with Crippen LogP contribution in [0.15, 0.2) is 34.8 Å². The summed E-state index contributed by atoms with van der Waals surface area (Å²) < 4.78 is 10.9. The molecule has 5 nitrogen and oxygen atoms in total. The van der Waals surface area contributed by atoms with Crippen molar-refractivity contribution in [3.63, 3.8) is 0 Å². The number of methoxy groups -OCH3 is 1. The number of ether oxygens (including phenoxy) is 2. The second kappa shape index (κ2) is 10.8. The van der Waals surface area contributed by atoms with Gasteiger partial charge in [-0.05, 0) is 44.2 Å². The number of aryl methyl sites for hydroxylation is 1. The second-order valence-electron chi connectivity index (χ2n) is 6.31. The van der Waals surface area contributed by atoms with E-state index in [4.69, 9.17) is 9.47 Å². The molecular weight excluding hydrogens is 314 g/mol. The average molecular weight is 345 g/mol. The van der Waals surface area contributed by atoms with Crippen molar-refractivity contribution in [1.82, 2.24) is 10.6 Å². The van der Waals surface area contributed by atoms with Crippen LogP contribution in [0.4, 0.5) is 0 Å². The van der Waals surface area contributed by atoms with Gasteiger partial charge >= 0.3 is 0 Å². The first kappa shape index (κ1) is 19.3.